The lowest BCUT2D eigenvalue weighted by molar-refractivity contribution is -0.199. The molecule has 1 aliphatic heterocycles. The molecule has 4 fully saturated rings. The summed E-state index contributed by atoms with van der Waals surface area (Å²) in [4.78, 5) is 12.6. The minimum Gasteiger partial charge on any atom is -0.460 e. The first-order valence-corrected chi connectivity index (χ1v) is 15.5. The Labute approximate surface area is 197 Å². The van der Waals surface area contributed by atoms with Crippen molar-refractivity contribution in [3.8, 4) is 0 Å². The van der Waals surface area contributed by atoms with Crippen molar-refractivity contribution >= 4 is 21.4 Å². The molecule has 3 saturated carbocycles. The van der Waals surface area contributed by atoms with Crippen LogP contribution in [0, 0.1) is 17.3 Å². The SMILES string of the molecule is CC(C)(C)OC(=O)CC(CCB1O[C@@H]2C[C@@H]3C[C@@H](C3(C)C)[C@]2(C)O1)O[Si](C)(C)C(C)(C)C. The molecule has 1 saturated heterocycles. The van der Waals surface area contributed by atoms with Crippen LogP contribution in [0.3, 0.4) is 0 Å². The van der Waals surface area contributed by atoms with Crippen molar-refractivity contribution in [1.29, 1.82) is 0 Å². The first kappa shape index (κ1) is 26.2. The van der Waals surface area contributed by atoms with Crippen molar-refractivity contribution in [2.45, 2.75) is 136 Å². The lowest BCUT2D eigenvalue weighted by Gasteiger charge is -2.64. The number of carbonyl (C=O) groups excluding carboxylic acids is 1. The summed E-state index contributed by atoms with van der Waals surface area (Å²) in [6.07, 6.45) is 4.11. The summed E-state index contributed by atoms with van der Waals surface area (Å²) in [7, 11) is -2.25. The number of hydrogen-bond acceptors (Lipinski definition) is 5. The lowest BCUT2D eigenvalue weighted by Crippen LogP contribution is -2.65. The van der Waals surface area contributed by atoms with Gasteiger partial charge in [0, 0.05) is 0 Å². The molecule has 0 aromatic carbocycles. The van der Waals surface area contributed by atoms with Crippen LogP contribution in [0.2, 0.25) is 24.5 Å². The van der Waals surface area contributed by atoms with Crippen molar-refractivity contribution in [2.75, 3.05) is 0 Å². The third-order valence-corrected chi connectivity index (χ3v) is 13.3. The molecule has 2 bridgehead atoms. The Hall–Kier alpha value is -0.368. The summed E-state index contributed by atoms with van der Waals surface area (Å²) in [5.74, 6) is 1.11. The van der Waals surface area contributed by atoms with Crippen LogP contribution in [0.1, 0.15) is 88.0 Å². The maximum atomic E-state index is 12.6. The van der Waals surface area contributed by atoms with Gasteiger partial charge < -0.3 is 18.5 Å². The standard InChI is InChI=1S/C25H47BO5Si/c1-22(2,3)28-21(27)16-18(30-32(10,11)23(4,5)6)12-13-26-29-20-15-17-14-19(24(17,7)8)25(20,9)31-26/h17-20H,12-16H2,1-11H3/t17-,18?,19-,20+,25-/m0/s1. The highest BCUT2D eigenvalue weighted by Gasteiger charge is 2.67. The van der Waals surface area contributed by atoms with E-state index in [2.05, 4.69) is 54.6 Å². The highest BCUT2D eigenvalue weighted by Crippen LogP contribution is 2.65. The van der Waals surface area contributed by atoms with Gasteiger partial charge in [0.2, 0.25) is 0 Å². The Bertz CT molecular complexity index is 710. The molecule has 184 valence electrons. The predicted octanol–water partition coefficient (Wildman–Crippen LogP) is 6.23. The Morgan fingerprint density at radius 2 is 1.75 bits per heavy atom. The van der Waals surface area contributed by atoms with E-state index in [0.29, 0.717) is 11.3 Å². The zero-order valence-electron chi connectivity index (χ0n) is 22.5. The van der Waals surface area contributed by atoms with Gasteiger partial charge >= 0.3 is 13.1 Å². The zero-order valence-corrected chi connectivity index (χ0v) is 23.5. The minimum atomic E-state index is -2.03. The summed E-state index contributed by atoms with van der Waals surface area (Å²) in [5.41, 5.74) is -0.341. The van der Waals surface area contributed by atoms with Crippen LogP contribution >= 0.6 is 0 Å². The molecule has 4 aliphatic rings. The molecule has 0 spiro atoms. The van der Waals surface area contributed by atoms with Gasteiger partial charge in [0.25, 0.3) is 0 Å². The maximum absolute atomic E-state index is 12.6. The quantitative estimate of drug-likeness (QED) is 0.329. The fraction of sp³-hybridized carbons (Fsp3) is 0.960. The Morgan fingerprint density at radius 1 is 1.12 bits per heavy atom. The molecule has 0 N–H and O–H groups in total. The molecule has 0 aromatic rings. The molecular formula is C25H47BO5Si. The van der Waals surface area contributed by atoms with Crippen molar-refractivity contribution < 1.29 is 23.3 Å². The summed E-state index contributed by atoms with van der Waals surface area (Å²) in [6, 6.07) is 0. The molecular weight excluding hydrogens is 419 g/mol. The number of esters is 1. The molecule has 5 atom stereocenters. The average Bonchev–Trinajstić information content (AvgIpc) is 2.92. The molecule has 3 aliphatic carbocycles. The number of carbonyl (C=O) groups is 1. The average molecular weight is 467 g/mol. The predicted molar refractivity (Wildman–Crippen MR) is 132 cm³/mol. The largest absolute Gasteiger partial charge is 0.460 e. The van der Waals surface area contributed by atoms with E-state index in [1.165, 1.54) is 6.42 Å². The van der Waals surface area contributed by atoms with Crippen molar-refractivity contribution in [3.05, 3.63) is 0 Å². The Morgan fingerprint density at radius 3 is 2.28 bits per heavy atom. The molecule has 0 radical (unpaired) electrons. The van der Waals surface area contributed by atoms with E-state index in [9.17, 15) is 4.79 Å². The normalized spacial score (nSPS) is 32.8. The molecule has 7 heteroatoms. The van der Waals surface area contributed by atoms with Crippen LogP contribution in [0.25, 0.3) is 0 Å². The van der Waals surface area contributed by atoms with Gasteiger partial charge in [-0.2, -0.15) is 0 Å². The van der Waals surface area contributed by atoms with Gasteiger partial charge in [0.15, 0.2) is 8.32 Å². The first-order valence-electron chi connectivity index (χ1n) is 12.6. The van der Waals surface area contributed by atoms with E-state index in [1.807, 2.05) is 20.8 Å². The summed E-state index contributed by atoms with van der Waals surface area (Å²) in [6.45, 7) is 23.9. The summed E-state index contributed by atoms with van der Waals surface area (Å²) >= 11 is 0. The number of hydrogen-bond donors (Lipinski definition) is 0. The highest BCUT2D eigenvalue weighted by molar-refractivity contribution is 6.74. The second-order valence-corrected chi connectivity index (χ2v) is 18.5. The monoisotopic (exact) mass is 466 g/mol. The molecule has 32 heavy (non-hydrogen) atoms. The Balaban J connectivity index is 1.64. The second kappa shape index (κ2) is 8.39. The topological polar surface area (TPSA) is 54.0 Å². The van der Waals surface area contributed by atoms with Crippen LogP contribution in [-0.2, 0) is 23.3 Å². The zero-order chi connectivity index (χ0) is 24.3. The van der Waals surface area contributed by atoms with Gasteiger partial charge in [-0.25, -0.2) is 0 Å². The molecule has 0 aromatic heterocycles. The third-order valence-electron chi connectivity index (χ3n) is 8.81. The van der Waals surface area contributed by atoms with E-state index in [-0.39, 0.29) is 42.4 Å². The van der Waals surface area contributed by atoms with Gasteiger partial charge in [-0.3, -0.25) is 4.79 Å². The van der Waals surface area contributed by atoms with Gasteiger partial charge in [-0.05, 0) is 88.7 Å². The van der Waals surface area contributed by atoms with Crippen molar-refractivity contribution in [1.82, 2.24) is 0 Å². The molecule has 5 nitrogen and oxygen atoms in total. The minimum absolute atomic E-state index is 0.0779. The van der Waals surface area contributed by atoms with E-state index < -0.39 is 13.9 Å². The van der Waals surface area contributed by atoms with Crippen LogP contribution < -0.4 is 0 Å². The van der Waals surface area contributed by atoms with E-state index >= 15 is 0 Å². The van der Waals surface area contributed by atoms with E-state index in [4.69, 9.17) is 18.5 Å². The number of rotatable bonds is 7. The molecule has 1 heterocycles. The van der Waals surface area contributed by atoms with Gasteiger partial charge in [-0.15, -0.1) is 0 Å². The Kier molecular flexibility index (Phi) is 6.88. The van der Waals surface area contributed by atoms with Crippen molar-refractivity contribution in [2.24, 2.45) is 17.3 Å². The van der Waals surface area contributed by atoms with Crippen LogP contribution in [-0.4, -0.2) is 44.8 Å². The second-order valence-electron chi connectivity index (χ2n) is 13.8. The third kappa shape index (κ3) is 5.16. The van der Waals surface area contributed by atoms with Crippen LogP contribution in [0.5, 0.6) is 0 Å². The summed E-state index contributed by atoms with van der Waals surface area (Å²) in [5, 5.41) is 0.0779. The van der Waals surface area contributed by atoms with E-state index in [1.54, 1.807) is 0 Å². The molecule has 4 rings (SSSR count). The molecule has 1 unspecified atom stereocenters. The fourth-order valence-electron chi connectivity index (χ4n) is 5.76. The van der Waals surface area contributed by atoms with E-state index in [0.717, 1.165) is 25.1 Å². The van der Waals surface area contributed by atoms with Crippen molar-refractivity contribution in [3.63, 3.8) is 0 Å². The molecule has 0 amide bonds. The van der Waals surface area contributed by atoms with Gasteiger partial charge in [0.1, 0.15) is 5.60 Å². The van der Waals surface area contributed by atoms with Gasteiger partial charge in [0.05, 0.1) is 24.2 Å². The van der Waals surface area contributed by atoms with Crippen LogP contribution in [0.4, 0.5) is 0 Å². The first-order chi connectivity index (χ1) is 14.3. The highest BCUT2D eigenvalue weighted by atomic mass is 28.4. The van der Waals surface area contributed by atoms with Crippen LogP contribution in [0.15, 0.2) is 0 Å². The fourth-order valence-corrected chi connectivity index (χ4v) is 7.15. The lowest BCUT2D eigenvalue weighted by atomic mass is 9.43. The number of ether oxygens (including phenoxy) is 1. The smallest absolute Gasteiger partial charge is 0.457 e. The van der Waals surface area contributed by atoms with Gasteiger partial charge in [-0.1, -0.05) is 34.6 Å². The maximum Gasteiger partial charge on any atom is 0.457 e. The summed E-state index contributed by atoms with van der Waals surface area (Å²) < 4.78 is 25.3.